The van der Waals surface area contributed by atoms with E-state index in [1.807, 2.05) is 6.07 Å². The first-order valence-corrected chi connectivity index (χ1v) is 10.3. The Morgan fingerprint density at radius 1 is 1.00 bits per heavy atom. The number of non-ortho nitro benzene ring substituents is 1. The number of sulfonamides is 1. The molecule has 0 saturated heterocycles. The van der Waals surface area contributed by atoms with Gasteiger partial charge in [-0.25, -0.2) is 28.1 Å². The minimum absolute atomic E-state index is 0.0527. The summed E-state index contributed by atoms with van der Waals surface area (Å²) < 4.78 is 27.1. The first-order chi connectivity index (χ1) is 14.3. The number of nitrogens with one attached hydrogen (secondary N) is 3. The molecule has 3 aromatic rings. The highest BCUT2D eigenvalue weighted by Gasteiger charge is 2.17. The minimum Gasteiger partial charge on any atom is -0.369 e. The van der Waals surface area contributed by atoms with Crippen molar-refractivity contribution >= 4 is 33.2 Å². The molecule has 0 atom stereocenters. The molecule has 11 nitrogen and oxygen atoms in total. The lowest BCUT2D eigenvalue weighted by molar-refractivity contribution is -0.385. The summed E-state index contributed by atoms with van der Waals surface area (Å²) >= 11 is 0. The summed E-state index contributed by atoms with van der Waals surface area (Å²) in [6.07, 6.45) is 1.66. The first-order valence-electron chi connectivity index (χ1n) is 8.85. The number of rotatable bonds is 9. The number of nitro groups is 1. The molecule has 0 aliphatic heterocycles. The van der Waals surface area contributed by atoms with E-state index in [2.05, 4.69) is 30.3 Å². The number of nitrogens with zero attached hydrogens (tertiary/aromatic N) is 4. The van der Waals surface area contributed by atoms with Crippen molar-refractivity contribution in [1.82, 2.24) is 19.7 Å². The lowest BCUT2D eigenvalue weighted by Gasteiger charge is -2.11. The Kier molecular flexibility index (Phi) is 6.49. The Morgan fingerprint density at radius 2 is 1.80 bits per heavy atom. The second kappa shape index (κ2) is 9.24. The molecular weight excluding hydrogens is 410 g/mol. The van der Waals surface area contributed by atoms with Crippen molar-refractivity contribution < 1.29 is 13.3 Å². The van der Waals surface area contributed by atoms with Crippen molar-refractivity contribution in [1.29, 1.82) is 0 Å². The molecular formula is C18H19N7O4S. The molecule has 30 heavy (non-hydrogen) atoms. The molecule has 12 heteroatoms. The number of hydrogen-bond donors (Lipinski definition) is 3. The third kappa shape index (κ3) is 5.68. The SMILES string of the molecule is Cc1nc(NCCNS(=O)(=O)c2cccc([N+](=O)[O-])c2)cc(Nc2ccccn2)n1. The van der Waals surface area contributed by atoms with Crippen LogP contribution in [0.5, 0.6) is 0 Å². The molecule has 0 aliphatic rings. The smallest absolute Gasteiger partial charge is 0.270 e. The molecule has 0 aliphatic carbocycles. The number of aryl methyl sites for hydroxylation is 1. The zero-order chi connectivity index (χ0) is 21.6. The zero-order valence-corrected chi connectivity index (χ0v) is 16.8. The van der Waals surface area contributed by atoms with Gasteiger partial charge in [0.25, 0.3) is 5.69 Å². The fourth-order valence-electron chi connectivity index (χ4n) is 2.51. The molecule has 0 saturated carbocycles. The molecule has 0 radical (unpaired) electrons. The molecule has 1 aromatic carbocycles. The molecule has 0 spiro atoms. The van der Waals surface area contributed by atoms with Crippen molar-refractivity contribution in [2.45, 2.75) is 11.8 Å². The van der Waals surface area contributed by atoms with Gasteiger partial charge in [-0.05, 0) is 25.1 Å². The first kappa shape index (κ1) is 21.1. The van der Waals surface area contributed by atoms with E-state index in [1.165, 1.54) is 18.2 Å². The van der Waals surface area contributed by atoms with E-state index in [0.29, 0.717) is 23.3 Å². The summed E-state index contributed by atoms with van der Waals surface area (Å²) in [5, 5.41) is 16.9. The summed E-state index contributed by atoms with van der Waals surface area (Å²) in [5.41, 5.74) is -0.291. The second-order valence-corrected chi connectivity index (χ2v) is 7.87. The van der Waals surface area contributed by atoms with Gasteiger partial charge < -0.3 is 10.6 Å². The number of nitro benzene ring substituents is 1. The average Bonchev–Trinajstić information content (AvgIpc) is 2.72. The minimum atomic E-state index is -3.88. The van der Waals surface area contributed by atoms with Crippen LogP contribution in [-0.4, -0.2) is 41.4 Å². The highest BCUT2D eigenvalue weighted by Crippen LogP contribution is 2.17. The van der Waals surface area contributed by atoms with Gasteiger partial charge in [0.15, 0.2) is 0 Å². The van der Waals surface area contributed by atoms with Gasteiger partial charge >= 0.3 is 0 Å². The normalized spacial score (nSPS) is 11.1. The van der Waals surface area contributed by atoms with Crippen molar-refractivity contribution in [3.8, 4) is 0 Å². The monoisotopic (exact) mass is 429 g/mol. The van der Waals surface area contributed by atoms with Crippen LogP contribution < -0.4 is 15.4 Å². The average molecular weight is 429 g/mol. The summed E-state index contributed by atoms with van der Waals surface area (Å²) in [7, 11) is -3.88. The van der Waals surface area contributed by atoms with Crippen LogP contribution in [0.15, 0.2) is 59.6 Å². The molecule has 0 bridgehead atoms. The molecule has 0 unspecified atom stereocenters. The van der Waals surface area contributed by atoms with Crippen LogP contribution in [-0.2, 0) is 10.0 Å². The van der Waals surface area contributed by atoms with Gasteiger partial charge in [0.1, 0.15) is 23.3 Å². The third-order valence-electron chi connectivity index (χ3n) is 3.82. The van der Waals surface area contributed by atoms with Gasteiger partial charge in [0.2, 0.25) is 10.0 Å². The second-order valence-electron chi connectivity index (χ2n) is 6.10. The Hall–Kier alpha value is -3.64. The Bertz CT molecular complexity index is 1140. The van der Waals surface area contributed by atoms with Gasteiger partial charge in [-0.3, -0.25) is 10.1 Å². The Balaban J connectivity index is 1.58. The van der Waals surface area contributed by atoms with Crippen molar-refractivity contribution in [2.75, 3.05) is 23.7 Å². The molecule has 156 valence electrons. The lowest BCUT2D eigenvalue weighted by Crippen LogP contribution is -2.29. The molecule has 3 rings (SSSR count). The zero-order valence-electron chi connectivity index (χ0n) is 15.9. The predicted molar refractivity (Wildman–Crippen MR) is 111 cm³/mol. The van der Waals surface area contributed by atoms with Crippen molar-refractivity contribution in [2.24, 2.45) is 0 Å². The fourth-order valence-corrected chi connectivity index (χ4v) is 3.58. The molecule has 2 aromatic heterocycles. The number of benzene rings is 1. The van der Waals surface area contributed by atoms with Crippen LogP contribution in [0.2, 0.25) is 0 Å². The molecule has 0 amide bonds. The van der Waals surface area contributed by atoms with Crippen LogP contribution in [0.3, 0.4) is 0 Å². The fraction of sp³-hybridized carbons (Fsp3) is 0.167. The summed E-state index contributed by atoms with van der Waals surface area (Å²) in [4.78, 5) is 22.7. The van der Waals surface area contributed by atoms with Crippen LogP contribution in [0, 0.1) is 17.0 Å². The molecule has 3 N–H and O–H groups in total. The maximum Gasteiger partial charge on any atom is 0.270 e. The van der Waals surface area contributed by atoms with Gasteiger partial charge in [-0.2, -0.15) is 0 Å². The highest BCUT2D eigenvalue weighted by atomic mass is 32.2. The maximum absolute atomic E-state index is 12.3. The van der Waals surface area contributed by atoms with Gasteiger partial charge in [-0.1, -0.05) is 12.1 Å². The van der Waals surface area contributed by atoms with E-state index in [0.717, 1.165) is 6.07 Å². The van der Waals surface area contributed by atoms with E-state index in [4.69, 9.17) is 0 Å². The van der Waals surface area contributed by atoms with Crippen LogP contribution in [0.25, 0.3) is 0 Å². The third-order valence-corrected chi connectivity index (χ3v) is 5.28. The topological polar surface area (TPSA) is 152 Å². The number of anilines is 3. The number of aromatic nitrogens is 3. The van der Waals surface area contributed by atoms with Crippen molar-refractivity contribution in [3.63, 3.8) is 0 Å². The molecule has 2 heterocycles. The van der Waals surface area contributed by atoms with E-state index in [-0.39, 0.29) is 23.7 Å². The van der Waals surface area contributed by atoms with E-state index >= 15 is 0 Å². The van der Waals surface area contributed by atoms with Gasteiger partial charge in [0, 0.05) is 37.5 Å². The van der Waals surface area contributed by atoms with Gasteiger partial charge in [-0.15, -0.1) is 0 Å². The quantitative estimate of drug-likeness (QED) is 0.264. The van der Waals surface area contributed by atoms with Crippen LogP contribution in [0.4, 0.5) is 23.1 Å². The lowest BCUT2D eigenvalue weighted by atomic mass is 10.3. The summed E-state index contributed by atoms with van der Waals surface area (Å²) in [6.45, 7) is 2.03. The standard InChI is InChI=1S/C18H19N7O4S/c1-13-22-17(12-18(23-13)24-16-7-2-3-8-19-16)20-9-10-21-30(28,29)15-6-4-5-14(11-15)25(26)27/h2-8,11-12,21H,9-10H2,1H3,(H2,19,20,22,23,24). The molecule has 0 fully saturated rings. The van der Waals surface area contributed by atoms with Gasteiger partial charge in [0.05, 0.1) is 9.82 Å². The Morgan fingerprint density at radius 3 is 2.53 bits per heavy atom. The largest absolute Gasteiger partial charge is 0.369 e. The number of pyridine rings is 1. The van der Waals surface area contributed by atoms with E-state index < -0.39 is 14.9 Å². The number of hydrogen-bond acceptors (Lipinski definition) is 9. The van der Waals surface area contributed by atoms with E-state index in [9.17, 15) is 18.5 Å². The maximum atomic E-state index is 12.3. The summed E-state index contributed by atoms with van der Waals surface area (Å²) in [6, 6.07) is 12.0. The Labute approximate surface area is 172 Å². The van der Waals surface area contributed by atoms with Crippen LogP contribution >= 0.6 is 0 Å². The predicted octanol–water partition coefficient (Wildman–Crippen LogP) is 2.22. The summed E-state index contributed by atoms with van der Waals surface area (Å²) in [5.74, 6) is 2.21. The van der Waals surface area contributed by atoms with E-state index in [1.54, 1.807) is 31.3 Å². The highest BCUT2D eigenvalue weighted by molar-refractivity contribution is 7.89. The van der Waals surface area contributed by atoms with Crippen molar-refractivity contribution in [3.05, 3.63) is 70.7 Å². The van der Waals surface area contributed by atoms with Crippen LogP contribution in [0.1, 0.15) is 5.82 Å².